The number of rotatable bonds is 8. The molecule has 0 aromatic carbocycles. The van der Waals surface area contributed by atoms with Gasteiger partial charge < -0.3 is 40.3 Å². The quantitative estimate of drug-likeness (QED) is 0.145. The molecule has 17 nitrogen and oxygen atoms in total. The Hall–Kier alpha value is -1.47. The first-order valence-electron chi connectivity index (χ1n) is 7.70. The van der Waals surface area contributed by atoms with Gasteiger partial charge >= 0.3 is 29.2 Å². The molecule has 2 heterocycles. The number of aliphatic hydroxyl groups is 2. The van der Waals surface area contributed by atoms with E-state index in [-0.39, 0.29) is 11.4 Å². The van der Waals surface area contributed by atoms with Crippen LogP contribution in [0.1, 0.15) is 11.8 Å². The van der Waals surface area contributed by atoms with E-state index >= 15 is 0 Å². The second kappa shape index (κ2) is 9.18. The van der Waals surface area contributed by atoms with E-state index in [1.54, 1.807) is 0 Å². The largest absolute Gasteiger partial charge is 0.490 e. The highest BCUT2D eigenvalue weighted by Crippen LogP contribution is 2.66. The number of nitrogens with two attached hydrogens (primary N) is 1. The zero-order chi connectivity index (χ0) is 23.8. The minimum Gasteiger partial charge on any atom is -0.387 e. The van der Waals surface area contributed by atoms with Gasteiger partial charge in [-0.25, -0.2) is 18.5 Å². The van der Waals surface area contributed by atoms with Crippen LogP contribution < -0.4 is 11.4 Å². The molecule has 0 radical (unpaired) electrons. The van der Waals surface area contributed by atoms with E-state index in [9.17, 15) is 33.6 Å². The molecule has 0 spiro atoms. The predicted molar refractivity (Wildman–Crippen MR) is 96.6 cm³/mol. The van der Waals surface area contributed by atoms with Crippen molar-refractivity contribution in [2.24, 2.45) is 0 Å². The summed E-state index contributed by atoms with van der Waals surface area (Å²) in [5, 5.41) is 20.2. The molecule has 174 valence electrons. The maximum atomic E-state index is 12.0. The Morgan fingerprint density at radius 2 is 1.77 bits per heavy atom. The molecule has 31 heavy (non-hydrogen) atoms. The monoisotopic (exact) mass is 507 g/mol. The number of ether oxygens (including phenoxy) is 1. The molecule has 1 aliphatic heterocycles. The number of aromatic nitrogens is 2. The third-order valence-electron chi connectivity index (χ3n) is 3.57. The first kappa shape index (κ1) is 25.8. The molecule has 1 aromatic heterocycles. The summed E-state index contributed by atoms with van der Waals surface area (Å²) in [5.74, 6) is 1.85. The maximum absolute atomic E-state index is 12.0. The first-order chi connectivity index (χ1) is 14.1. The summed E-state index contributed by atoms with van der Waals surface area (Å²) in [7, 11) is -16.8. The standard InChI is InChI=1S/C11H16N3O14P3/c1-2-5-3-14(11(17)13-9(5)12)10-8(16)7(15)6(26-10)4-25-30(21,22)28-31(23,24)27-29(18,19)20/h1,3,6-8,10,15-16H,4H2,(H,21,22)(H,23,24)(H2,12,13,17)(H2,18,19,20)/t6-,7-,8-,10-/m0/s1. The molecule has 2 rings (SSSR count). The third-order valence-corrected chi connectivity index (χ3v) is 7.37. The number of anilines is 1. The van der Waals surface area contributed by atoms with Crippen LogP contribution in [-0.2, 0) is 31.6 Å². The van der Waals surface area contributed by atoms with Crippen molar-refractivity contribution >= 4 is 29.3 Å². The lowest BCUT2D eigenvalue weighted by atomic mass is 10.1. The van der Waals surface area contributed by atoms with Crippen molar-refractivity contribution in [2.45, 2.75) is 24.5 Å². The Balaban J connectivity index is 2.12. The van der Waals surface area contributed by atoms with Gasteiger partial charge in [0.2, 0.25) is 0 Å². The van der Waals surface area contributed by atoms with Crippen LogP contribution >= 0.6 is 23.5 Å². The Kier molecular flexibility index (Phi) is 7.64. The third kappa shape index (κ3) is 6.75. The van der Waals surface area contributed by atoms with Crippen molar-refractivity contribution in [1.29, 1.82) is 0 Å². The molecule has 8 N–H and O–H groups in total. The maximum Gasteiger partial charge on any atom is 0.490 e. The molecule has 1 aliphatic rings. The average Bonchev–Trinajstić information content (AvgIpc) is 2.85. The highest BCUT2D eigenvalue weighted by atomic mass is 31.3. The summed E-state index contributed by atoms with van der Waals surface area (Å²) >= 11 is 0. The lowest BCUT2D eigenvalue weighted by Crippen LogP contribution is -2.36. The van der Waals surface area contributed by atoms with Crippen molar-refractivity contribution in [1.82, 2.24) is 9.55 Å². The van der Waals surface area contributed by atoms with E-state index in [0.29, 0.717) is 4.57 Å². The number of phosphoric ester groups is 1. The molecular weight excluding hydrogens is 491 g/mol. The number of aliphatic hydroxyl groups excluding tert-OH is 2. The molecule has 20 heteroatoms. The molecule has 0 saturated carbocycles. The van der Waals surface area contributed by atoms with Crippen LogP contribution in [0.3, 0.4) is 0 Å². The van der Waals surface area contributed by atoms with E-state index < -0.39 is 60.3 Å². The van der Waals surface area contributed by atoms with E-state index in [1.807, 2.05) is 0 Å². The SMILES string of the molecule is C#Cc1cn([C@H]2O[C@@H](COP(=O)(O)OP(=O)(O)OP(=O)(O)O)[C@H](O)[C@@H]2O)c(=O)nc1N. The summed E-state index contributed by atoms with van der Waals surface area (Å²) in [6.07, 6.45) is -0.559. The molecular formula is C11H16N3O14P3. The van der Waals surface area contributed by atoms with Crippen LogP contribution in [0.25, 0.3) is 0 Å². The van der Waals surface area contributed by atoms with Crippen molar-refractivity contribution in [3.05, 3.63) is 22.2 Å². The summed E-state index contributed by atoms with van der Waals surface area (Å²) in [6.45, 7) is -1.06. The van der Waals surface area contributed by atoms with Crippen LogP contribution in [0.2, 0.25) is 0 Å². The second-order valence-corrected chi connectivity index (χ2v) is 10.2. The summed E-state index contributed by atoms with van der Waals surface area (Å²) in [6, 6.07) is 0. The van der Waals surface area contributed by atoms with Gasteiger partial charge in [-0.05, 0) is 0 Å². The van der Waals surface area contributed by atoms with Gasteiger partial charge in [0.25, 0.3) is 0 Å². The minimum absolute atomic E-state index is 0.0402. The van der Waals surface area contributed by atoms with Crippen molar-refractivity contribution in [3.63, 3.8) is 0 Å². The Labute approximate surface area is 172 Å². The fourth-order valence-corrected chi connectivity index (χ4v) is 5.37. The summed E-state index contributed by atoms with van der Waals surface area (Å²) < 4.78 is 50.9. The van der Waals surface area contributed by atoms with Gasteiger partial charge in [0.05, 0.1) is 12.2 Å². The van der Waals surface area contributed by atoms with Crippen molar-refractivity contribution in [3.8, 4) is 12.3 Å². The number of hydrogen-bond acceptors (Lipinski definition) is 12. The molecule has 0 amide bonds. The minimum atomic E-state index is -5.74. The average molecular weight is 507 g/mol. The molecule has 6 atom stereocenters. The number of nitrogen functional groups attached to an aromatic ring is 1. The highest BCUT2D eigenvalue weighted by Gasteiger charge is 2.46. The summed E-state index contributed by atoms with van der Waals surface area (Å²) in [5.41, 5.74) is 4.41. The first-order valence-corrected chi connectivity index (χ1v) is 12.2. The molecule has 0 bridgehead atoms. The van der Waals surface area contributed by atoms with Crippen LogP contribution in [0.5, 0.6) is 0 Å². The van der Waals surface area contributed by atoms with Gasteiger partial charge in [-0.2, -0.15) is 13.6 Å². The summed E-state index contributed by atoms with van der Waals surface area (Å²) in [4.78, 5) is 50.9. The van der Waals surface area contributed by atoms with E-state index in [4.69, 9.17) is 31.6 Å². The van der Waals surface area contributed by atoms with Crippen LogP contribution in [-0.4, -0.2) is 64.3 Å². The zero-order valence-corrected chi connectivity index (χ0v) is 17.6. The molecule has 1 aromatic rings. The van der Waals surface area contributed by atoms with E-state index in [1.165, 1.54) is 0 Å². The zero-order valence-electron chi connectivity index (χ0n) is 14.9. The van der Waals surface area contributed by atoms with Gasteiger partial charge in [-0.1, -0.05) is 5.92 Å². The Morgan fingerprint density at radius 3 is 2.32 bits per heavy atom. The normalized spacial score (nSPS) is 27.9. The lowest BCUT2D eigenvalue weighted by molar-refractivity contribution is -0.0541. The molecule has 0 aliphatic carbocycles. The lowest BCUT2D eigenvalue weighted by Gasteiger charge is -2.19. The predicted octanol–water partition coefficient (Wildman–Crippen LogP) is -2.23. The van der Waals surface area contributed by atoms with Gasteiger partial charge in [0.1, 0.15) is 24.1 Å². The van der Waals surface area contributed by atoms with Gasteiger partial charge in [-0.3, -0.25) is 9.09 Å². The fraction of sp³-hybridized carbons (Fsp3) is 0.455. The van der Waals surface area contributed by atoms with Crippen LogP contribution in [0.4, 0.5) is 5.82 Å². The van der Waals surface area contributed by atoms with Gasteiger partial charge in [-0.15, -0.1) is 6.42 Å². The molecule has 2 unspecified atom stereocenters. The smallest absolute Gasteiger partial charge is 0.387 e. The van der Waals surface area contributed by atoms with Crippen molar-refractivity contribution in [2.75, 3.05) is 12.3 Å². The number of phosphoric acid groups is 3. The van der Waals surface area contributed by atoms with E-state index in [2.05, 4.69) is 24.0 Å². The van der Waals surface area contributed by atoms with E-state index in [0.717, 1.165) is 6.20 Å². The van der Waals surface area contributed by atoms with Crippen LogP contribution in [0.15, 0.2) is 11.0 Å². The molecule has 1 fully saturated rings. The molecule has 1 saturated heterocycles. The van der Waals surface area contributed by atoms with Gasteiger partial charge in [0, 0.05) is 6.20 Å². The number of hydrogen-bond donors (Lipinski definition) is 7. The number of terminal acetylenes is 1. The highest BCUT2D eigenvalue weighted by molar-refractivity contribution is 7.66. The Bertz CT molecular complexity index is 1080. The van der Waals surface area contributed by atoms with Gasteiger partial charge in [0.15, 0.2) is 6.23 Å². The topological polar surface area (TPSA) is 270 Å². The number of nitrogens with zero attached hydrogens (tertiary/aromatic N) is 2. The van der Waals surface area contributed by atoms with Crippen molar-refractivity contribution < 1.29 is 61.4 Å². The Morgan fingerprint density at radius 1 is 1.16 bits per heavy atom. The fourth-order valence-electron chi connectivity index (χ4n) is 2.34. The van der Waals surface area contributed by atoms with Crippen LogP contribution in [0, 0.1) is 12.3 Å². The second-order valence-electron chi connectivity index (χ2n) is 5.81.